The summed E-state index contributed by atoms with van der Waals surface area (Å²) in [5, 5.41) is 4.51. The van der Waals surface area contributed by atoms with Crippen LogP contribution >= 0.6 is 23.2 Å². The molecule has 1 saturated heterocycles. The van der Waals surface area contributed by atoms with Gasteiger partial charge in [-0.15, -0.1) is 0 Å². The predicted molar refractivity (Wildman–Crippen MR) is 133 cm³/mol. The number of ether oxygens (including phenoxy) is 3. The van der Waals surface area contributed by atoms with Gasteiger partial charge in [0.05, 0.1) is 30.3 Å². The number of rotatable bonds is 8. The van der Waals surface area contributed by atoms with Crippen LogP contribution in [0.1, 0.15) is 22.7 Å². The molecule has 0 amide bonds. The van der Waals surface area contributed by atoms with Gasteiger partial charge in [0.15, 0.2) is 11.5 Å². The standard InChI is InChI=1S/C26H28Cl2N2O3/c1-31-22-15-19(16-23(32-2)26(22)33-17-18-7-4-3-5-8-18)25(30-13-11-29-12-14-30)20-9-6-10-21(27)24(20)28/h3-10,15-16,25,29H,11-14,17H2,1-2H3. The van der Waals surface area contributed by atoms with Crippen LogP contribution in [0.5, 0.6) is 17.2 Å². The van der Waals surface area contributed by atoms with E-state index in [2.05, 4.69) is 10.2 Å². The van der Waals surface area contributed by atoms with Gasteiger partial charge in [-0.2, -0.15) is 0 Å². The lowest BCUT2D eigenvalue weighted by Gasteiger charge is -2.36. The summed E-state index contributed by atoms with van der Waals surface area (Å²) in [5.41, 5.74) is 3.02. The summed E-state index contributed by atoms with van der Waals surface area (Å²) >= 11 is 13.1. The second kappa shape index (κ2) is 11.1. The molecule has 33 heavy (non-hydrogen) atoms. The monoisotopic (exact) mass is 486 g/mol. The molecular weight excluding hydrogens is 459 g/mol. The minimum Gasteiger partial charge on any atom is -0.493 e. The average Bonchev–Trinajstić information content (AvgIpc) is 2.86. The van der Waals surface area contributed by atoms with Crippen molar-refractivity contribution in [3.8, 4) is 17.2 Å². The molecule has 1 atom stereocenters. The van der Waals surface area contributed by atoms with Gasteiger partial charge >= 0.3 is 0 Å². The highest BCUT2D eigenvalue weighted by Crippen LogP contribution is 2.44. The van der Waals surface area contributed by atoms with E-state index in [0.717, 1.165) is 42.9 Å². The summed E-state index contributed by atoms with van der Waals surface area (Å²) in [6, 6.07) is 19.7. The molecule has 4 rings (SSSR count). The van der Waals surface area contributed by atoms with Crippen molar-refractivity contribution in [1.29, 1.82) is 0 Å². The third kappa shape index (κ3) is 5.39. The van der Waals surface area contributed by atoms with Crippen molar-refractivity contribution >= 4 is 23.2 Å². The van der Waals surface area contributed by atoms with E-state index in [9.17, 15) is 0 Å². The summed E-state index contributed by atoms with van der Waals surface area (Å²) in [6.07, 6.45) is 0. The molecule has 0 aliphatic carbocycles. The molecule has 1 unspecified atom stereocenters. The van der Waals surface area contributed by atoms with Crippen LogP contribution in [0.4, 0.5) is 0 Å². The predicted octanol–water partition coefficient (Wildman–Crippen LogP) is 5.58. The zero-order valence-electron chi connectivity index (χ0n) is 18.8. The highest BCUT2D eigenvalue weighted by molar-refractivity contribution is 6.42. The number of nitrogens with one attached hydrogen (secondary N) is 1. The maximum absolute atomic E-state index is 6.69. The van der Waals surface area contributed by atoms with E-state index in [-0.39, 0.29) is 6.04 Å². The zero-order chi connectivity index (χ0) is 23.2. The topological polar surface area (TPSA) is 43.0 Å². The Morgan fingerprint density at radius 1 is 0.909 bits per heavy atom. The largest absolute Gasteiger partial charge is 0.493 e. The Balaban J connectivity index is 1.76. The van der Waals surface area contributed by atoms with E-state index in [0.29, 0.717) is 33.9 Å². The molecule has 0 saturated carbocycles. The maximum Gasteiger partial charge on any atom is 0.203 e. The van der Waals surface area contributed by atoms with Crippen molar-refractivity contribution in [1.82, 2.24) is 10.2 Å². The van der Waals surface area contributed by atoms with Gasteiger partial charge in [-0.3, -0.25) is 4.90 Å². The Kier molecular flexibility index (Phi) is 7.99. The van der Waals surface area contributed by atoms with Crippen molar-refractivity contribution < 1.29 is 14.2 Å². The molecule has 1 heterocycles. The molecule has 1 aliphatic rings. The number of halogens is 2. The first-order valence-corrected chi connectivity index (χ1v) is 11.7. The van der Waals surface area contributed by atoms with Crippen LogP contribution in [0.2, 0.25) is 10.0 Å². The Labute approximate surface area is 205 Å². The number of methoxy groups -OCH3 is 2. The molecule has 3 aromatic carbocycles. The van der Waals surface area contributed by atoms with Gasteiger partial charge in [0, 0.05) is 26.2 Å². The Morgan fingerprint density at radius 3 is 2.21 bits per heavy atom. The SMILES string of the molecule is COc1cc(C(c2cccc(Cl)c2Cl)N2CCNCC2)cc(OC)c1OCc1ccccc1. The fourth-order valence-electron chi connectivity index (χ4n) is 4.19. The first-order valence-electron chi connectivity index (χ1n) is 10.9. The quantitative estimate of drug-likeness (QED) is 0.449. The van der Waals surface area contributed by atoms with E-state index in [1.807, 2.05) is 60.7 Å². The van der Waals surface area contributed by atoms with Crippen molar-refractivity contribution in [2.24, 2.45) is 0 Å². The van der Waals surface area contributed by atoms with E-state index < -0.39 is 0 Å². The van der Waals surface area contributed by atoms with Gasteiger partial charge in [0.1, 0.15) is 6.61 Å². The second-order valence-corrected chi connectivity index (χ2v) is 8.65. The molecular formula is C26H28Cl2N2O3. The first kappa shape index (κ1) is 23.7. The molecule has 0 spiro atoms. The maximum atomic E-state index is 6.69. The molecule has 1 fully saturated rings. The van der Waals surface area contributed by atoms with Crippen LogP contribution in [0.15, 0.2) is 60.7 Å². The normalized spacial score (nSPS) is 15.2. The number of benzene rings is 3. The van der Waals surface area contributed by atoms with Crippen LogP contribution in [0, 0.1) is 0 Å². The Hall–Kier alpha value is -2.44. The molecule has 174 valence electrons. The molecule has 0 radical (unpaired) electrons. The smallest absolute Gasteiger partial charge is 0.203 e. The van der Waals surface area contributed by atoms with Gasteiger partial charge in [-0.05, 0) is 34.9 Å². The number of hydrogen-bond acceptors (Lipinski definition) is 5. The van der Waals surface area contributed by atoms with E-state index >= 15 is 0 Å². The molecule has 3 aromatic rings. The van der Waals surface area contributed by atoms with E-state index in [1.165, 1.54) is 0 Å². The summed E-state index contributed by atoms with van der Waals surface area (Å²) in [7, 11) is 3.28. The molecule has 1 N–H and O–H groups in total. The lowest BCUT2D eigenvalue weighted by Crippen LogP contribution is -2.45. The van der Waals surface area contributed by atoms with Crippen LogP contribution < -0.4 is 19.5 Å². The molecule has 5 nitrogen and oxygen atoms in total. The van der Waals surface area contributed by atoms with E-state index in [1.54, 1.807) is 14.2 Å². The van der Waals surface area contributed by atoms with Gasteiger partial charge in [-0.1, -0.05) is 65.7 Å². The minimum absolute atomic E-state index is 0.107. The highest BCUT2D eigenvalue weighted by Gasteiger charge is 2.29. The summed E-state index contributed by atoms with van der Waals surface area (Å²) < 4.78 is 17.6. The summed E-state index contributed by atoms with van der Waals surface area (Å²) in [5.74, 6) is 1.79. The zero-order valence-corrected chi connectivity index (χ0v) is 20.3. The second-order valence-electron chi connectivity index (χ2n) is 7.86. The van der Waals surface area contributed by atoms with Crippen molar-refractivity contribution in [3.05, 3.63) is 87.4 Å². The van der Waals surface area contributed by atoms with Gasteiger partial charge in [-0.25, -0.2) is 0 Å². The summed E-state index contributed by atoms with van der Waals surface area (Å²) in [6.45, 7) is 3.98. The molecule has 1 aliphatic heterocycles. The first-order chi connectivity index (χ1) is 16.1. The fraction of sp³-hybridized carbons (Fsp3) is 0.308. The molecule has 7 heteroatoms. The Morgan fingerprint density at radius 2 is 1.58 bits per heavy atom. The molecule has 0 aromatic heterocycles. The van der Waals surface area contributed by atoms with Gasteiger partial charge in [0.2, 0.25) is 5.75 Å². The number of piperazine rings is 1. The van der Waals surface area contributed by atoms with Crippen molar-refractivity contribution in [2.75, 3.05) is 40.4 Å². The fourth-order valence-corrected chi connectivity index (χ4v) is 4.60. The third-order valence-corrected chi connectivity index (χ3v) is 6.65. The number of nitrogens with zero attached hydrogens (tertiary/aromatic N) is 1. The van der Waals surface area contributed by atoms with E-state index in [4.69, 9.17) is 37.4 Å². The van der Waals surface area contributed by atoms with Crippen molar-refractivity contribution in [2.45, 2.75) is 12.6 Å². The van der Waals surface area contributed by atoms with Crippen LogP contribution in [-0.2, 0) is 6.61 Å². The van der Waals surface area contributed by atoms with Crippen LogP contribution in [0.25, 0.3) is 0 Å². The lowest BCUT2D eigenvalue weighted by molar-refractivity contribution is 0.197. The summed E-state index contributed by atoms with van der Waals surface area (Å²) in [4.78, 5) is 2.40. The Bertz CT molecular complexity index is 1050. The number of hydrogen-bond donors (Lipinski definition) is 1. The molecule has 0 bridgehead atoms. The van der Waals surface area contributed by atoms with Gasteiger partial charge < -0.3 is 19.5 Å². The average molecular weight is 487 g/mol. The third-order valence-electron chi connectivity index (χ3n) is 5.82. The van der Waals surface area contributed by atoms with Crippen LogP contribution in [0.3, 0.4) is 0 Å². The van der Waals surface area contributed by atoms with Gasteiger partial charge in [0.25, 0.3) is 0 Å². The highest BCUT2D eigenvalue weighted by atomic mass is 35.5. The van der Waals surface area contributed by atoms with Crippen LogP contribution in [-0.4, -0.2) is 45.3 Å². The lowest BCUT2D eigenvalue weighted by atomic mass is 9.95. The van der Waals surface area contributed by atoms with Crippen molar-refractivity contribution in [3.63, 3.8) is 0 Å². The minimum atomic E-state index is -0.107.